The van der Waals surface area contributed by atoms with E-state index in [4.69, 9.17) is 9.47 Å². The number of nitrogens with zero attached hydrogens (tertiary/aromatic N) is 1. The van der Waals surface area contributed by atoms with Crippen LogP contribution in [-0.2, 0) is 4.79 Å². The van der Waals surface area contributed by atoms with E-state index >= 15 is 0 Å². The lowest BCUT2D eigenvalue weighted by atomic mass is 10.2. The second-order valence-corrected chi connectivity index (χ2v) is 4.61. The maximum Gasteiger partial charge on any atom is 0.260 e. The summed E-state index contributed by atoms with van der Waals surface area (Å²) in [7, 11) is 1.71. The molecule has 20 heavy (non-hydrogen) atoms. The second-order valence-electron chi connectivity index (χ2n) is 4.61. The number of amides is 1. The molecule has 5 nitrogen and oxygen atoms in total. The first-order chi connectivity index (χ1) is 9.51. The molecule has 0 heterocycles. The van der Waals surface area contributed by atoms with Gasteiger partial charge in [0.05, 0.1) is 12.2 Å². The van der Waals surface area contributed by atoms with Crippen LogP contribution in [0.1, 0.15) is 31.1 Å². The van der Waals surface area contributed by atoms with E-state index < -0.39 is 0 Å². The lowest BCUT2D eigenvalue weighted by Crippen LogP contribution is -2.36. The number of ether oxygens (including phenoxy) is 2. The molecule has 0 radical (unpaired) electrons. The number of aldehydes is 1. The number of carbonyl (C=O) groups is 2. The fraction of sp³-hybridized carbons (Fsp3) is 0.467. The van der Waals surface area contributed by atoms with Crippen LogP contribution >= 0.6 is 0 Å². The van der Waals surface area contributed by atoms with Gasteiger partial charge in [0.15, 0.2) is 24.4 Å². The number of likely N-dealkylation sites (N-methyl/N-ethyl adjacent to an activating group) is 1. The highest BCUT2D eigenvalue weighted by Crippen LogP contribution is 2.30. The van der Waals surface area contributed by atoms with Crippen LogP contribution in [-0.4, -0.2) is 43.4 Å². The first kappa shape index (κ1) is 16.0. The van der Waals surface area contributed by atoms with Gasteiger partial charge >= 0.3 is 0 Å². The van der Waals surface area contributed by atoms with Crippen LogP contribution in [0.4, 0.5) is 0 Å². The van der Waals surface area contributed by atoms with Gasteiger partial charge in [-0.15, -0.1) is 0 Å². The summed E-state index contributed by atoms with van der Waals surface area (Å²) in [4.78, 5) is 24.5. The van der Waals surface area contributed by atoms with Crippen molar-refractivity contribution in [2.45, 2.75) is 26.8 Å². The highest BCUT2D eigenvalue weighted by molar-refractivity contribution is 5.82. The van der Waals surface area contributed by atoms with Gasteiger partial charge in [-0.2, -0.15) is 0 Å². The summed E-state index contributed by atoms with van der Waals surface area (Å²) in [6.45, 7) is 6.01. The maximum atomic E-state index is 11.9. The molecule has 1 aromatic carbocycles. The summed E-state index contributed by atoms with van der Waals surface area (Å²) in [5.74, 6) is 0.634. The molecule has 0 saturated heterocycles. The van der Waals surface area contributed by atoms with E-state index in [1.807, 2.05) is 20.8 Å². The van der Waals surface area contributed by atoms with Crippen LogP contribution in [0.2, 0.25) is 0 Å². The Balaban J connectivity index is 2.85. The number of hydrogen-bond acceptors (Lipinski definition) is 4. The summed E-state index contributed by atoms with van der Waals surface area (Å²) >= 11 is 0. The molecule has 0 aliphatic carbocycles. The molecule has 110 valence electrons. The zero-order valence-electron chi connectivity index (χ0n) is 12.4. The van der Waals surface area contributed by atoms with Crippen molar-refractivity contribution < 1.29 is 19.1 Å². The van der Waals surface area contributed by atoms with Crippen LogP contribution in [0.15, 0.2) is 18.2 Å². The molecule has 0 unspecified atom stereocenters. The van der Waals surface area contributed by atoms with Crippen molar-refractivity contribution in [1.29, 1.82) is 0 Å². The third-order valence-corrected chi connectivity index (χ3v) is 2.94. The monoisotopic (exact) mass is 279 g/mol. The third kappa shape index (κ3) is 3.98. The smallest absolute Gasteiger partial charge is 0.260 e. The molecular formula is C15H21NO4. The zero-order chi connectivity index (χ0) is 15.1. The molecule has 0 spiro atoms. The lowest BCUT2D eigenvalue weighted by Gasteiger charge is -2.22. The fourth-order valence-corrected chi connectivity index (χ4v) is 1.57. The average Bonchev–Trinajstić information content (AvgIpc) is 2.44. The molecule has 1 amide bonds. The number of rotatable bonds is 7. The predicted octanol–water partition coefficient (Wildman–Crippen LogP) is 2.14. The minimum absolute atomic E-state index is 0.0961. The Kier molecular flexibility index (Phi) is 6.03. The quantitative estimate of drug-likeness (QED) is 0.718. The van der Waals surface area contributed by atoms with Gasteiger partial charge in [-0.25, -0.2) is 0 Å². The number of carbonyl (C=O) groups excluding carboxylic acids is 2. The van der Waals surface area contributed by atoms with Gasteiger partial charge in [0, 0.05) is 13.1 Å². The Hall–Kier alpha value is -2.04. The summed E-state index contributed by atoms with van der Waals surface area (Å²) in [5, 5.41) is 0. The first-order valence-electron chi connectivity index (χ1n) is 6.60. The van der Waals surface area contributed by atoms with Gasteiger partial charge in [0.2, 0.25) is 0 Å². The van der Waals surface area contributed by atoms with Crippen LogP contribution in [0.5, 0.6) is 11.5 Å². The van der Waals surface area contributed by atoms with E-state index in [1.54, 1.807) is 30.1 Å². The van der Waals surface area contributed by atoms with Gasteiger partial charge in [-0.05, 0) is 32.9 Å². The van der Waals surface area contributed by atoms with Crippen LogP contribution in [0, 0.1) is 0 Å². The minimum atomic E-state index is -0.150. The van der Waals surface area contributed by atoms with Gasteiger partial charge in [0.1, 0.15) is 0 Å². The molecule has 1 rings (SSSR count). The molecule has 0 aliphatic rings. The molecule has 0 N–H and O–H groups in total. The lowest BCUT2D eigenvalue weighted by molar-refractivity contribution is -0.133. The predicted molar refractivity (Wildman–Crippen MR) is 76.4 cm³/mol. The number of para-hydroxylation sites is 1. The van der Waals surface area contributed by atoms with Crippen LogP contribution in [0.25, 0.3) is 0 Å². The largest absolute Gasteiger partial charge is 0.490 e. The molecule has 0 saturated carbocycles. The Morgan fingerprint density at radius 3 is 2.60 bits per heavy atom. The molecular weight excluding hydrogens is 258 g/mol. The Bertz CT molecular complexity index is 471. The number of benzene rings is 1. The summed E-state index contributed by atoms with van der Waals surface area (Å²) < 4.78 is 10.9. The van der Waals surface area contributed by atoms with Gasteiger partial charge < -0.3 is 14.4 Å². The van der Waals surface area contributed by atoms with E-state index in [9.17, 15) is 9.59 Å². The summed E-state index contributed by atoms with van der Waals surface area (Å²) in [6.07, 6.45) is 0.689. The second kappa shape index (κ2) is 7.53. The molecule has 0 fully saturated rings. The third-order valence-electron chi connectivity index (χ3n) is 2.94. The van der Waals surface area contributed by atoms with Crippen molar-refractivity contribution in [2.75, 3.05) is 20.3 Å². The Morgan fingerprint density at radius 2 is 2.05 bits per heavy atom. The summed E-state index contributed by atoms with van der Waals surface area (Å²) in [6, 6.07) is 5.15. The number of hydrogen-bond donors (Lipinski definition) is 0. The van der Waals surface area contributed by atoms with E-state index in [1.165, 1.54) is 0 Å². The molecule has 0 bridgehead atoms. The van der Waals surface area contributed by atoms with E-state index in [0.29, 0.717) is 30.0 Å². The molecule has 0 atom stereocenters. The first-order valence-corrected chi connectivity index (χ1v) is 6.60. The van der Waals surface area contributed by atoms with Crippen molar-refractivity contribution in [2.24, 2.45) is 0 Å². The fourth-order valence-electron chi connectivity index (χ4n) is 1.57. The molecule has 5 heteroatoms. The van der Waals surface area contributed by atoms with E-state index in [2.05, 4.69) is 0 Å². The summed E-state index contributed by atoms with van der Waals surface area (Å²) in [5.41, 5.74) is 0.371. The van der Waals surface area contributed by atoms with Crippen LogP contribution < -0.4 is 9.47 Å². The SMILES string of the molecule is CCOc1cccc(C=O)c1OCC(=O)N(C)C(C)C. The van der Waals surface area contributed by atoms with E-state index in [0.717, 1.165) is 0 Å². The zero-order valence-corrected chi connectivity index (χ0v) is 12.4. The average molecular weight is 279 g/mol. The highest BCUT2D eigenvalue weighted by Gasteiger charge is 2.16. The molecule has 1 aromatic rings. The normalized spacial score (nSPS) is 10.2. The highest BCUT2D eigenvalue weighted by atomic mass is 16.5. The van der Waals surface area contributed by atoms with Crippen molar-refractivity contribution in [1.82, 2.24) is 4.90 Å². The van der Waals surface area contributed by atoms with Crippen molar-refractivity contribution in [3.8, 4) is 11.5 Å². The van der Waals surface area contributed by atoms with Gasteiger partial charge in [-0.3, -0.25) is 9.59 Å². The molecule has 0 aromatic heterocycles. The maximum absolute atomic E-state index is 11.9. The van der Waals surface area contributed by atoms with Crippen molar-refractivity contribution in [3.63, 3.8) is 0 Å². The van der Waals surface area contributed by atoms with Crippen molar-refractivity contribution >= 4 is 12.2 Å². The standard InChI is InChI=1S/C15H21NO4/c1-5-19-13-8-6-7-12(9-17)15(13)20-10-14(18)16(4)11(2)3/h6-9,11H,5,10H2,1-4H3. The Morgan fingerprint density at radius 1 is 1.35 bits per heavy atom. The van der Waals surface area contributed by atoms with E-state index in [-0.39, 0.29) is 18.6 Å². The van der Waals surface area contributed by atoms with Gasteiger partial charge in [0.25, 0.3) is 5.91 Å². The topological polar surface area (TPSA) is 55.8 Å². The Labute approximate surface area is 119 Å². The van der Waals surface area contributed by atoms with Crippen molar-refractivity contribution in [3.05, 3.63) is 23.8 Å². The van der Waals surface area contributed by atoms with Crippen LogP contribution in [0.3, 0.4) is 0 Å². The molecule has 0 aliphatic heterocycles. The minimum Gasteiger partial charge on any atom is -0.490 e. The van der Waals surface area contributed by atoms with Gasteiger partial charge in [-0.1, -0.05) is 6.07 Å².